The number of nitrogens with two attached hydrogens (primary N) is 1. The van der Waals surface area contributed by atoms with Crippen LogP contribution in [0.3, 0.4) is 0 Å². The largest absolute Gasteiger partial charge is 0.386 e. The van der Waals surface area contributed by atoms with Crippen LogP contribution in [-0.2, 0) is 15.6 Å². The molecule has 1 aromatic rings. The first-order valence-corrected chi connectivity index (χ1v) is 6.40. The number of hydrogen-bond acceptors (Lipinski definition) is 4. The molecule has 0 aromatic carbocycles. The molecule has 1 heterocycles. The topological polar surface area (TPSA) is 80.4 Å². The predicted molar refractivity (Wildman–Crippen MR) is 55.7 cm³/mol. The van der Waals surface area contributed by atoms with Crippen LogP contribution < -0.4 is 5.14 Å². The predicted octanol–water partition coefficient (Wildman–Crippen LogP) is 0.931. The highest BCUT2D eigenvalue weighted by atomic mass is 32.2. The van der Waals surface area contributed by atoms with Crippen LogP contribution in [0.15, 0.2) is 9.59 Å². The molecular formula is C8H13NO3S2. The molecule has 0 aliphatic rings. The Hall–Kier alpha value is -0.430. The fourth-order valence-corrected chi connectivity index (χ4v) is 3.48. The summed E-state index contributed by atoms with van der Waals surface area (Å²) in [4.78, 5) is 0. The van der Waals surface area contributed by atoms with Crippen molar-refractivity contribution >= 4 is 21.4 Å². The molecule has 3 N–H and O–H groups in total. The van der Waals surface area contributed by atoms with Gasteiger partial charge >= 0.3 is 0 Å². The Labute approximate surface area is 87.4 Å². The Kier molecular flexibility index (Phi) is 2.75. The van der Waals surface area contributed by atoms with E-state index in [0.717, 1.165) is 11.3 Å². The molecule has 0 aliphatic carbocycles. The quantitative estimate of drug-likeness (QED) is 0.800. The van der Waals surface area contributed by atoms with E-state index in [2.05, 4.69) is 0 Å². The molecule has 0 atom stereocenters. The van der Waals surface area contributed by atoms with E-state index in [-0.39, 0.29) is 4.21 Å². The lowest BCUT2D eigenvalue weighted by Gasteiger charge is -2.17. The van der Waals surface area contributed by atoms with Crippen LogP contribution in [-0.4, -0.2) is 13.5 Å². The molecule has 1 aromatic heterocycles. The summed E-state index contributed by atoms with van der Waals surface area (Å²) in [5.74, 6) is 0. The van der Waals surface area contributed by atoms with Gasteiger partial charge in [0.15, 0.2) is 0 Å². The van der Waals surface area contributed by atoms with Gasteiger partial charge in [-0.1, -0.05) is 0 Å². The van der Waals surface area contributed by atoms with E-state index in [1.807, 2.05) is 0 Å². The summed E-state index contributed by atoms with van der Waals surface area (Å²) in [5.41, 5.74) is 0.0975. The third kappa shape index (κ3) is 2.14. The number of thiophene rings is 1. The van der Waals surface area contributed by atoms with Crippen molar-refractivity contribution in [3.05, 3.63) is 16.5 Å². The highest BCUT2D eigenvalue weighted by Crippen LogP contribution is 2.32. The van der Waals surface area contributed by atoms with Crippen molar-refractivity contribution in [1.29, 1.82) is 0 Å². The lowest BCUT2D eigenvalue weighted by atomic mass is 9.98. The molecule has 14 heavy (non-hydrogen) atoms. The smallest absolute Gasteiger partial charge is 0.247 e. The van der Waals surface area contributed by atoms with Crippen molar-refractivity contribution in [2.75, 3.05) is 0 Å². The number of rotatable bonds is 2. The average molecular weight is 235 g/mol. The molecule has 0 spiro atoms. The second kappa shape index (κ2) is 3.30. The summed E-state index contributed by atoms with van der Waals surface area (Å²) in [5, 5.41) is 16.4. The molecule has 1 rings (SSSR count). The maximum Gasteiger partial charge on any atom is 0.247 e. The van der Waals surface area contributed by atoms with E-state index in [1.165, 1.54) is 0 Å². The van der Waals surface area contributed by atoms with Crippen LogP contribution in [0.2, 0.25) is 0 Å². The van der Waals surface area contributed by atoms with Crippen LogP contribution in [0.1, 0.15) is 25.0 Å². The fourth-order valence-electron chi connectivity index (χ4n) is 1.28. The summed E-state index contributed by atoms with van der Waals surface area (Å²) in [6, 6.07) is 0. The summed E-state index contributed by atoms with van der Waals surface area (Å²) >= 11 is 1.04. The zero-order valence-electron chi connectivity index (χ0n) is 8.23. The molecule has 4 nitrogen and oxygen atoms in total. The van der Waals surface area contributed by atoms with Crippen molar-refractivity contribution in [1.82, 2.24) is 0 Å². The molecule has 0 aliphatic heterocycles. The minimum absolute atomic E-state index is 0.120. The molecule has 6 heteroatoms. The van der Waals surface area contributed by atoms with Crippen LogP contribution in [0.4, 0.5) is 0 Å². The average Bonchev–Trinajstić information content (AvgIpc) is 2.26. The summed E-state index contributed by atoms with van der Waals surface area (Å²) in [7, 11) is -3.67. The van der Waals surface area contributed by atoms with E-state index in [9.17, 15) is 13.5 Å². The van der Waals surface area contributed by atoms with Gasteiger partial charge in [-0.05, 0) is 37.3 Å². The first-order valence-electron chi connectivity index (χ1n) is 3.98. The molecular weight excluding hydrogens is 222 g/mol. The summed E-state index contributed by atoms with van der Waals surface area (Å²) in [6.45, 7) is 4.85. The third-order valence-electron chi connectivity index (χ3n) is 1.91. The van der Waals surface area contributed by atoms with Gasteiger partial charge in [-0.2, -0.15) is 0 Å². The third-order valence-corrected chi connectivity index (χ3v) is 4.59. The maximum atomic E-state index is 11.1. The van der Waals surface area contributed by atoms with E-state index < -0.39 is 15.6 Å². The Morgan fingerprint density at radius 1 is 1.50 bits per heavy atom. The standard InChI is InChI=1S/C8H13NO3S2/c1-5-6(8(2,3)10)4-13-7(5)14(9,11)12/h4,10H,1-3H3,(H2,9,11,12). The highest BCUT2D eigenvalue weighted by Gasteiger charge is 2.25. The summed E-state index contributed by atoms with van der Waals surface area (Å²) in [6.07, 6.45) is 0. The van der Waals surface area contributed by atoms with Crippen molar-refractivity contribution in [2.24, 2.45) is 5.14 Å². The molecule has 0 fully saturated rings. The van der Waals surface area contributed by atoms with Gasteiger partial charge in [0.05, 0.1) is 5.60 Å². The first-order chi connectivity index (χ1) is 6.14. The van der Waals surface area contributed by atoms with E-state index in [4.69, 9.17) is 5.14 Å². The Balaban J connectivity index is 3.37. The normalized spacial score (nSPS) is 13.2. The van der Waals surface area contributed by atoms with Crippen LogP contribution >= 0.6 is 11.3 Å². The molecule has 0 saturated carbocycles. The van der Waals surface area contributed by atoms with E-state index >= 15 is 0 Å². The number of primary sulfonamides is 1. The van der Waals surface area contributed by atoms with Crippen LogP contribution in [0, 0.1) is 6.92 Å². The molecule has 0 amide bonds. The van der Waals surface area contributed by atoms with E-state index in [0.29, 0.717) is 11.1 Å². The highest BCUT2D eigenvalue weighted by molar-refractivity contribution is 7.91. The van der Waals surface area contributed by atoms with Gasteiger partial charge in [0.25, 0.3) is 0 Å². The zero-order valence-corrected chi connectivity index (χ0v) is 9.87. The van der Waals surface area contributed by atoms with Gasteiger partial charge < -0.3 is 5.11 Å². The summed E-state index contributed by atoms with van der Waals surface area (Å²) < 4.78 is 22.3. The van der Waals surface area contributed by atoms with Crippen LogP contribution in [0.25, 0.3) is 0 Å². The monoisotopic (exact) mass is 235 g/mol. The number of sulfonamides is 1. The lowest BCUT2D eigenvalue weighted by molar-refractivity contribution is 0.0782. The van der Waals surface area contributed by atoms with Crippen molar-refractivity contribution in [2.45, 2.75) is 30.6 Å². The van der Waals surface area contributed by atoms with Gasteiger partial charge in [-0.25, -0.2) is 13.6 Å². The molecule has 0 radical (unpaired) electrons. The van der Waals surface area contributed by atoms with E-state index in [1.54, 1.807) is 26.2 Å². The minimum atomic E-state index is -3.67. The first kappa shape index (κ1) is 11.6. The molecule has 0 unspecified atom stereocenters. The molecule has 0 saturated heterocycles. The fraction of sp³-hybridized carbons (Fsp3) is 0.500. The number of aliphatic hydroxyl groups is 1. The van der Waals surface area contributed by atoms with Gasteiger partial charge in [-0.15, -0.1) is 11.3 Å². The molecule has 80 valence electrons. The Morgan fingerprint density at radius 3 is 2.21 bits per heavy atom. The Morgan fingerprint density at radius 2 is 2.00 bits per heavy atom. The van der Waals surface area contributed by atoms with Crippen molar-refractivity contribution in [3.63, 3.8) is 0 Å². The number of hydrogen-bond donors (Lipinski definition) is 2. The van der Waals surface area contributed by atoms with Gasteiger partial charge in [0.1, 0.15) is 4.21 Å². The second-order valence-electron chi connectivity index (χ2n) is 3.67. The maximum absolute atomic E-state index is 11.1. The minimum Gasteiger partial charge on any atom is -0.386 e. The van der Waals surface area contributed by atoms with Crippen molar-refractivity contribution in [3.8, 4) is 0 Å². The molecule has 0 bridgehead atoms. The SMILES string of the molecule is Cc1c(C(C)(C)O)csc1S(N)(=O)=O. The van der Waals surface area contributed by atoms with Gasteiger partial charge in [-0.3, -0.25) is 0 Å². The van der Waals surface area contributed by atoms with Crippen LogP contribution in [0.5, 0.6) is 0 Å². The van der Waals surface area contributed by atoms with Gasteiger partial charge in [0, 0.05) is 0 Å². The van der Waals surface area contributed by atoms with Gasteiger partial charge in [0.2, 0.25) is 10.0 Å². The second-order valence-corrected chi connectivity index (χ2v) is 6.30. The zero-order chi connectivity index (χ0) is 11.1. The lowest BCUT2D eigenvalue weighted by Crippen LogP contribution is -2.17. The van der Waals surface area contributed by atoms with Crippen molar-refractivity contribution < 1.29 is 13.5 Å². The Bertz CT molecular complexity index is 440.